The van der Waals surface area contributed by atoms with Crippen LogP contribution >= 0.6 is 11.3 Å². The Labute approximate surface area is 185 Å². The fraction of sp³-hybridized carbons (Fsp3) is 0.318. The lowest BCUT2D eigenvalue weighted by Crippen LogP contribution is -2.33. The lowest BCUT2D eigenvalue weighted by atomic mass is 10.0. The SMILES string of the molecule is CC(=O)N1CCCc2cc(S(=O)(=O)CCC(=O)Nc3nc4ccc(C)cc4s3)ccc21. The summed E-state index contributed by atoms with van der Waals surface area (Å²) in [6.45, 7) is 4.13. The maximum absolute atomic E-state index is 12.8. The number of hydrogen-bond acceptors (Lipinski definition) is 6. The van der Waals surface area contributed by atoms with E-state index >= 15 is 0 Å². The second-order valence-electron chi connectivity index (χ2n) is 7.67. The monoisotopic (exact) mass is 457 g/mol. The molecule has 2 heterocycles. The predicted molar refractivity (Wildman–Crippen MR) is 122 cm³/mol. The molecule has 1 aliphatic heterocycles. The first-order valence-corrected chi connectivity index (χ1v) is 12.5. The number of carbonyl (C=O) groups is 2. The Bertz CT molecular complexity index is 1280. The van der Waals surface area contributed by atoms with Crippen LogP contribution in [0.5, 0.6) is 0 Å². The molecule has 1 N–H and O–H groups in total. The maximum atomic E-state index is 12.8. The van der Waals surface area contributed by atoms with Gasteiger partial charge in [-0.1, -0.05) is 17.4 Å². The van der Waals surface area contributed by atoms with Gasteiger partial charge >= 0.3 is 0 Å². The molecular formula is C22H23N3O4S2. The highest BCUT2D eigenvalue weighted by Crippen LogP contribution is 2.30. The second-order valence-corrected chi connectivity index (χ2v) is 10.8. The predicted octanol–water partition coefficient (Wildman–Crippen LogP) is 3.71. The van der Waals surface area contributed by atoms with Crippen molar-refractivity contribution in [2.45, 2.75) is 38.0 Å². The largest absolute Gasteiger partial charge is 0.312 e. The molecule has 4 rings (SSSR count). The number of benzene rings is 2. The molecule has 1 aromatic heterocycles. The average molecular weight is 458 g/mol. The number of aromatic nitrogens is 1. The van der Waals surface area contributed by atoms with Crippen LogP contribution in [0.15, 0.2) is 41.3 Å². The van der Waals surface area contributed by atoms with Gasteiger partial charge in [-0.3, -0.25) is 9.59 Å². The van der Waals surface area contributed by atoms with Crippen molar-refractivity contribution in [3.05, 3.63) is 47.5 Å². The number of nitrogens with zero attached hydrogens (tertiary/aromatic N) is 2. The average Bonchev–Trinajstić information content (AvgIpc) is 3.12. The third-order valence-electron chi connectivity index (χ3n) is 5.30. The zero-order chi connectivity index (χ0) is 22.2. The van der Waals surface area contributed by atoms with Crippen LogP contribution in [0.2, 0.25) is 0 Å². The minimum atomic E-state index is -3.63. The van der Waals surface area contributed by atoms with Crippen LogP contribution in [0.3, 0.4) is 0 Å². The molecule has 0 saturated heterocycles. The Balaban J connectivity index is 1.43. The Morgan fingerprint density at radius 3 is 2.77 bits per heavy atom. The first-order valence-electron chi connectivity index (χ1n) is 10.0. The molecule has 0 radical (unpaired) electrons. The highest BCUT2D eigenvalue weighted by Gasteiger charge is 2.23. The van der Waals surface area contributed by atoms with E-state index in [0.717, 1.165) is 39.9 Å². The maximum Gasteiger partial charge on any atom is 0.227 e. The third kappa shape index (κ3) is 4.62. The summed E-state index contributed by atoms with van der Waals surface area (Å²) in [4.78, 5) is 30.4. The van der Waals surface area contributed by atoms with Gasteiger partial charge in [0.2, 0.25) is 11.8 Å². The molecule has 1 aliphatic rings. The smallest absolute Gasteiger partial charge is 0.227 e. The van der Waals surface area contributed by atoms with Gasteiger partial charge in [0, 0.05) is 25.6 Å². The summed E-state index contributed by atoms with van der Waals surface area (Å²) in [5.41, 5.74) is 3.52. The number of hydrogen-bond donors (Lipinski definition) is 1. The lowest BCUT2D eigenvalue weighted by Gasteiger charge is -2.28. The molecule has 162 valence electrons. The van der Waals surface area contributed by atoms with Crippen molar-refractivity contribution in [2.75, 3.05) is 22.5 Å². The summed E-state index contributed by atoms with van der Waals surface area (Å²) in [6, 6.07) is 10.7. The molecule has 0 atom stereocenters. The molecular weight excluding hydrogens is 434 g/mol. The van der Waals surface area contributed by atoms with Gasteiger partial charge in [-0.15, -0.1) is 0 Å². The highest BCUT2D eigenvalue weighted by molar-refractivity contribution is 7.91. The molecule has 31 heavy (non-hydrogen) atoms. The summed E-state index contributed by atoms with van der Waals surface area (Å²) in [5, 5.41) is 3.16. The van der Waals surface area contributed by atoms with Gasteiger partial charge in [-0.05, 0) is 61.2 Å². The standard InChI is InChI=1S/C22H23N3O4S2/c1-14-5-7-18-20(12-14)30-22(23-18)24-21(27)9-11-31(28,29)17-6-8-19-16(13-17)4-3-10-25(19)15(2)26/h5-8,12-13H,3-4,9-11H2,1-2H3,(H,23,24,27). The molecule has 2 aromatic carbocycles. The normalized spacial score (nSPS) is 13.8. The summed E-state index contributed by atoms with van der Waals surface area (Å²) in [5.74, 6) is -0.740. The molecule has 9 heteroatoms. The molecule has 0 aliphatic carbocycles. The van der Waals surface area contributed by atoms with Gasteiger partial charge in [0.25, 0.3) is 0 Å². The van der Waals surface area contributed by atoms with Crippen molar-refractivity contribution in [3.8, 4) is 0 Å². The van der Waals surface area contributed by atoms with Crippen LogP contribution in [0.25, 0.3) is 10.2 Å². The number of sulfone groups is 1. The number of nitrogens with one attached hydrogen (secondary N) is 1. The molecule has 2 amide bonds. The van der Waals surface area contributed by atoms with Crippen LogP contribution in [0.4, 0.5) is 10.8 Å². The summed E-state index contributed by atoms with van der Waals surface area (Å²) >= 11 is 1.36. The van der Waals surface area contributed by atoms with Crippen molar-refractivity contribution >= 4 is 54.0 Å². The number of rotatable bonds is 5. The number of amides is 2. The molecule has 0 saturated carbocycles. The summed E-state index contributed by atoms with van der Waals surface area (Å²) in [6.07, 6.45) is 1.36. The molecule has 0 fully saturated rings. The van der Waals surface area contributed by atoms with Crippen molar-refractivity contribution in [1.29, 1.82) is 0 Å². The summed E-state index contributed by atoms with van der Waals surface area (Å²) in [7, 11) is -3.63. The zero-order valence-electron chi connectivity index (χ0n) is 17.3. The second kappa shape index (κ2) is 8.39. The fourth-order valence-electron chi connectivity index (χ4n) is 3.71. The van der Waals surface area contributed by atoms with Crippen molar-refractivity contribution in [1.82, 2.24) is 4.98 Å². The van der Waals surface area contributed by atoms with Crippen LogP contribution in [-0.2, 0) is 25.8 Å². The van der Waals surface area contributed by atoms with Crippen LogP contribution in [0, 0.1) is 6.92 Å². The Kier molecular flexibility index (Phi) is 5.81. The van der Waals surface area contributed by atoms with E-state index < -0.39 is 9.84 Å². The van der Waals surface area contributed by atoms with Gasteiger partial charge in [0.1, 0.15) is 0 Å². The number of aryl methyl sites for hydroxylation is 2. The molecule has 0 unspecified atom stereocenters. The molecule has 7 nitrogen and oxygen atoms in total. The van der Waals surface area contributed by atoms with Crippen molar-refractivity contribution in [2.24, 2.45) is 0 Å². The van der Waals surface area contributed by atoms with E-state index in [-0.39, 0.29) is 28.9 Å². The van der Waals surface area contributed by atoms with Gasteiger partial charge in [0.15, 0.2) is 15.0 Å². The first kappa shape index (κ1) is 21.5. The van der Waals surface area contributed by atoms with Gasteiger partial charge < -0.3 is 10.2 Å². The number of fused-ring (bicyclic) bond motifs is 2. The van der Waals surface area contributed by atoms with E-state index in [0.29, 0.717) is 11.7 Å². The van der Waals surface area contributed by atoms with E-state index in [4.69, 9.17) is 0 Å². The number of thiazole rings is 1. The molecule has 3 aromatic rings. The van der Waals surface area contributed by atoms with Crippen molar-refractivity contribution < 1.29 is 18.0 Å². The Morgan fingerprint density at radius 1 is 1.19 bits per heavy atom. The Hall–Kier alpha value is -2.78. The van der Waals surface area contributed by atoms with Crippen molar-refractivity contribution in [3.63, 3.8) is 0 Å². The minimum absolute atomic E-state index is 0.0572. The molecule has 0 spiro atoms. The number of carbonyl (C=O) groups excluding carboxylic acids is 2. The van der Waals surface area contributed by atoms with Crippen LogP contribution in [0.1, 0.15) is 30.9 Å². The van der Waals surface area contributed by atoms with Gasteiger partial charge in [0.05, 0.1) is 20.9 Å². The Morgan fingerprint density at radius 2 is 2.00 bits per heavy atom. The lowest BCUT2D eigenvalue weighted by molar-refractivity contribution is -0.117. The third-order valence-corrected chi connectivity index (χ3v) is 7.94. The summed E-state index contributed by atoms with van der Waals surface area (Å²) < 4.78 is 26.6. The quantitative estimate of drug-likeness (QED) is 0.630. The minimum Gasteiger partial charge on any atom is -0.312 e. The first-order chi connectivity index (χ1) is 14.7. The number of anilines is 2. The van der Waals surface area contributed by atoms with Crippen LogP contribution in [-0.4, -0.2) is 37.5 Å². The van der Waals surface area contributed by atoms with E-state index in [2.05, 4.69) is 10.3 Å². The van der Waals surface area contributed by atoms with Gasteiger partial charge in [-0.25, -0.2) is 13.4 Å². The zero-order valence-corrected chi connectivity index (χ0v) is 19.0. The fourth-order valence-corrected chi connectivity index (χ4v) is 5.97. The van der Waals surface area contributed by atoms with Crippen LogP contribution < -0.4 is 10.2 Å². The highest BCUT2D eigenvalue weighted by atomic mass is 32.2. The topological polar surface area (TPSA) is 96.4 Å². The van der Waals surface area contributed by atoms with Gasteiger partial charge in [-0.2, -0.15) is 0 Å². The van der Waals surface area contributed by atoms with E-state index in [9.17, 15) is 18.0 Å². The van der Waals surface area contributed by atoms with E-state index in [1.54, 1.807) is 17.0 Å². The van der Waals surface area contributed by atoms with E-state index in [1.165, 1.54) is 24.3 Å². The van der Waals surface area contributed by atoms with E-state index in [1.807, 2.05) is 25.1 Å². The molecule has 0 bridgehead atoms.